The third-order valence-corrected chi connectivity index (χ3v) is 11.9. The van der Waals surface area contributed by atoms with Gasteiger partial charge in [0.2, 0.25) is 5.82 Å². The van der Waals surface area contributed by atoms with Crippen LogP contribution in [-0.4, -0.2) is 78.7 Å². The summed E-state index contributed by atoms with van der Waals surface area (Å²) in [6, 6.07) is 32.6. The SMILES string of the molecule is CI.COC(=O)c1nc2c(Cl)nc(-c3ccccc3)nc2n1S(=O)(=O)c1ccccc1.O=C([O-])c1nc2c(Cl)nc(-c3ccccc3)nc2n1S(=O)(=O)c1ccccc1.[Li+]. The number of alkyl halides is 1. The van der Waals surface area contributed by atoms with Crippen molar-refractivity contribution in [3.8, 4) is 22.8 Å². The zero-order chi connectivity index (χ0) is 42.5. The number of nitrogens with zero attached hydrogens (tertiary/aromatic N) is 8. The molecule has 22 heteroatoms. The average molecular weight is 992 g/mol. The second kappa shape index (κ2) is 19.4. The minimum absolute atomic E-state index is 0. The van der Waals surface area contributed by atoms with Crippen LogP contribution in [-0.2, 0) is 24.8 Å². The zero-order valence-electron chi connectivity index (χ0n) is 31.3. The minimum atomic E-state index is -4.33. The van der Waals surface area contributed by atoms with Crippen LogP contribution in [0.25, 0.3) is 45.1 Å². The fourth-order valence-corrected chi connectivity index (χ4v) is 8.68. The smallest absolute Gasteiger partial charge is 0.542 e. The molecule has 0 aliphatic heterocycles. The van der Waals surface area contributed by atoms with E-state index in [4.69, 9.17) is 27.9 Å². The van der Waals surface area contributed by atoms with Gasteiger partial charge in [0.15, 0.2) is 39.1 Å². The zero-order valence-corrected chi connectivity index (χ0v) is 36.6. The van der Waals surface area contributed by atoms with Crippen molar-refractivity contribution in [1.82, 2.24) is 37.8 Å². The van der Waals surface area contributed by atoms with Gasteiger partial charge >= 0.3 is 24.8 Å². The molecule has 0 amide bonds. The molecule has 300 valence electrons. The van der Waals surface area contributed by atoms with Crippen molar-refractivity contribution in [1.29, 1.82) is 0 Å². The van der Waals surface area contributed by atoms with Crippen molar-refractivity contribution in [2.45, 2.75) is 9.79 Å². The summed E-state index contributed by atoms with van der Waals surface area (Å²) in [4.78, 5) is 50.4. The first-order chi connectivity index (χ1) is 28.3. The Labute approximate surface area is 378 Å². The van der Waals surface area contributed by atoms with Gasteiger partial charge in [-0.3, -0.25) is 0 Å². The number of carboxylic acids is 1. The van der Waals surface area contributed by atoms with Gasteiger partial charge in [-0.1, -0.05) is 143 Å². The van der Waals surface area contributed by atoms with Gasteiger partial charge in [-0.25, -0.2) is 51.5 Å². The molecule has 0 atom stereocenters. The molecular weight excluding hydrogens is 965 g/mol. The number of hydrogen-bond donors (Lipinski definition) is 0. The Hall–Kier alpha value is -5.27. The topological polar surface area (TPSA) is 222 Å². The fourth-order valence-electron chi connectivity index (χ4n) is 5.44. The second-order valence-corrected chi connectivity index (χ2v) is 15.9. The molecule has 0 fully saturated rings. The third kappa shape index (κ3) is 9.07. The number of carboxylic acid groups (broad SMARTS) is 1. The van der Waals surface area contributed by atoms with E-state index in [1.807, 2.05) is 11.0 Å². The van der Waals surface area contributed by atoms with Crippen LogP contribution in [0.15, 0.2) is 131 Å². The van der Waals surface area contributed by atoms with Gasteiger partial charge in [-0.2, -0.15) is 7.94 Å². The molecule has 0 spiro atoms. The summed E-state index contributed by atoms with van der Waals surface area (Å²) in [6.45, 7) is 0. The number of esters is 1. The molecule has 0 bridgehead atoms. The van der Waals surface area contributed by atoms with Crippen LogP contribution < -0.4 is 24.0 Å². The molecule has 4 aromatic carbocycles. The Morgan fingerprint density at radius 3 is 1.25 bits per heavy atom. The first kappa shape index (κ1) is 45.8. The predicted octanol–water partition coefficient (Wildman–Crippen LogP) is 2.97. The second-order valence-electron chi connectivity index (χ2n) is 11.6. The molecule has 0 N–H and O–H groups in total. The van der Waals surface area contributed by atoms with E-state index < -0.39 is 43.6 Å². The van der Waals surface area contributed by atoms with E-state index in [1.54, 1.807) is 78.9 Å². The van der Waals surface area contributed by atoms with Crippen LogP contribution in [0.2, 0.25) is 10.3 Å². The van der Waals surface area contributed by atoms with Gasteiger partial charge < -0.3 is 14.6 Å². The number of hydrogen-bond acceptors (Lipinski definition) is 14. The summed E-state index contributed by atoms with van der Waals surface area (Å²) in [5.41, 5.74) is 0.660. The molecule has 0 radical (unpaired) electrons. The van der Waals surface area contributed by atoms with Gasteiger partial charge in [0, 0.05) is 11.1 Å². The van der Waals surface area contributed by atoms with Gasteiger partial charge in [0.25, 0.3) is 20.0 Å². The van der Waals surface area contributed by atoms with E-state index in [2.05, 4.69) is 52.5 Å². The maximum Gasteiger partial charge on any atom is 1.00 e. The van der Waals surface area contributed by atoms with E-state index in [0.717, 1.165) is 11.1 Å². The largest absolute Gasteiger partial charge is 1.00 e. The number of carbonyl (C=O) groups is 2. The average Bonchev–Trinajstić information content (AvgIpc) is 3.87. The van der Waals surface area contributed by atoms with Crippen LogP contribution in [0.1, 0.15) is 21.2 Å². The van der Waals surface area contributed by atoms with Crippen molar-refractivity contribution in [3.05, 3.63) is 143 Å². The van der Waals surface area contributed by atoms with Gasteiger partial charge in [0.1, 0.15) is 17.0 Å². The number of aromatic nitrogens is 8. The first-order valence-electron chi connectivity index (χ1n) is 16.6. The Balaban J connectivity index is 0.000000215. The number of ether oxygens (including phenoxy) is 1. The Bertz CT molecular complexity index is 3060. The van der Waals surface area contributed by atoms with Crippen LogP contribution in [0, 0.1) is 0 Å². The van der Waals surface area contributed by atoms with Crippen LogP contribution in [0.4, 0.5) is 0 Å². The van der Waals surface area contributed by atoms with Gasteiger partial charge in [-0.05, 0) is 29.2 Å². The summed E-state index contributed by atoms with van der Waals surface area (Å²) in [5.74, 6) is -3.70. The summed E-state index contributed by atoms with van der Waals surface area (Å²) in [7, 11) is -7.42. The first-order valence-corrected chi connectivity index (χ1v) is 22.4. The van der Waals surface area contributed by atoms with Crippen molar-refractivity contribution < 1.29 is 55.1 Å². The Morgan fingerprint density at radius 2 is 0.900 bits per heavy atom. The number of methoxy groups -OCH3 is 1. The molecule has 4 aromatic heterocycles. The van der Waals surface area contributed by atoms with Gasteiger partial charge in [0.05, 0.1) is 16.9 Å². The molecule has 8 rings (SSSR count). The molecule has 0 saturated carbocycles. The van der Waals surface area contributed by atoms with E-state index in [0.29, 0.717) is 15.1 Å². The normalized spacial score (nSPS) is 11.1. The predicted molar refractivity (Wildman–Crippen MR) is 225 cm³/mol. The van der Waals surface area contributed by atoms with E-state index >= 15 is 0 Å². The number of aromatic carboxylic acids is 1. The molecule has 0 aliphatic carbocycles. The third-order valence-electron chi connectivity index (χ3n) is 8.03. The molecule has 60 heavy (non-hydrogen) atoms. The van der Waals surface area contributed by atoms with Crippen LogP contribution in [0.5, 0.6) is 0 Å². The molecule has 0 aliphatic rings. The number of halogens is 3. The van der Waals surface area contributed by atoms with E-state index in [-0.39, 0.29) is 72.9 Å². The quantitative estimate of drug-likeness (QED) is 0.0703. The van der Waals surface area contributed by atoms with E-state index in [9.17, 15) is 31.5 Å². The summed E-state index contributed by atoms with van der Waals surface area (Å²) in [5, 5.41) is 11.3. The summed E-state index contributed by atoms with van der Waals surface area (Å²) < 4.78 is 58.9. The van der Waals surface area contributed by atoms with Gasteiger partial charge in [-0.15, -0.1) is 0 Å². The number of fused-ring (bicyclic) bond motifs is 2. The molecular formula is C38H26Cl2ILiN8O8S2. The van der Waals surface area contributed by atoms with Crippen LogP contribution in [0.3, 0.4) is 0 Å². The Morgan fingerprint density at radius 1 is 0.567 bits per heavy atom. The maximum atomic E-state index is 13.3. The minimum Gasteiger partial charge on any atom is -0.542 e. The molecule has 4 heterocycles. The maximum absolute atomic E-state index is 13.3. The summed E-state index contributed by atoms with van der Waals surface area (Å²) in [6.07, 6.45) is 0. The molecule has 0 saturated heterocycles. The van der Waals surface area contributed by atoms with E-state index in [1.165, 1.54) is 36.4 Å². The monoisotopic (exact) mass is 990 g/mol. The number of benzene rings is 4. The van der Waals surface area contributed by atoms with Crippen molar-refractivity contribution in [2.24, 2.45) is 0 Å². The van der Waals surface area contributed by atoms with Crippen molar-refractivity contribution >= 4 is 100 Å². The number of carbonyl (C=O) groups excluding carboxylic acids is 2. The van der Waals surface area contributed by atoms with Crippen molar-refractivity contribution in [2.75, 3.05) is 12.0 Å². The number of rotatable bonds is 8. The standard InChI is InChI=1S/C19H13ClN4O4S.C18H11ClN4O4S.CH3I.Li/c1-28-19(25)18-21-14-15(20)22-16(12-8-4-2-5-9-12)23-17(14)24(18)29(26,27)13-10-6-3-7-11-13;19-14-13-16(22-15(21-14)11-7-3-1-4-8-11)23(17(20-13)18(24)25)28(26,27)12-9-5-2-6-10-12;1-2;/h2-11H,1H3;1-10H,(H,24,25);1H3;/q;;;+1/p-1. The fraction of sp³-hybridized carbons (Fsp3) is 0.0526. The number of imidazole rings is 2. The van der Waals surface area contributed by atoms with Crippen molar-refractivity contribution in [3.63, 3.8) is 0 Å². The molecule has 16 nitrogen and oxygen atoms in total. The summed E-state index contributed by atoms with van der Waals surface area (Å²) >= 11 is 14.6. The molecule has 8 aromatic rings. The molecule has 0 unspecified atom stereocenters. The van der Waals surface area contributed by atoms with Crippen LogP contribution >= 0.6 is 45.8 Å². The Kier molecular flexibility index (Phi) is 14.8.